The number of benzene rings is 2. The second-order valence-electron chi connectivity index (χ2n) is 7.32. The van der Waals surface area contributed by atoms with Gasteiger partial charge in [-0.05, 0) is 47.4 Å². The second-order valence-corrected chi connectivity index (χ2v) is 7.32. The normalized spacial score (nSPS) is 15.1. The Morgan fingerprint density at radius 1 is 0.778 bits per heavy atom. The van der Waals surface area contributed by atoms with Gasteiger partial charge in [0.15, 0.2) is 0 Å². The molecule has 2 aromatic rings. The van der Waals surface area contributed by atoms with Gasteiger partial charge in [-0.3, -0.25) is 0 Å². The van der Waals surface area contributed by atoms with Crippen molar-refractivity contribution in [1.29, 1.82) is 0 Å². The van der Waals surface area contributed by atoms with Gasteiger partial charge in [0.05, 0.1) is 11.4 Å². The van der Waals surface area contributed by atoms with Gasteiger partial charge in [-0.25, -0.2) is 0 Å². The van der Waals surface area contributed by atoms with E-state index in [0.29, 0.717) is 0 Å². The zero-order valence-corrected chi connectivity index (χ0v) is 16.5. The highest BCUT2D eigenvalue weighted by molar-refractivity contribution is 5.86. The quantitative estimate of drug-likeness (QED) is 0.543. The maximum absolute atomic E-state index is 4.12. The third-order valence-corrected chi connectivity index (χ3v) is 5.54. The molecule has 0 atom stereocenters. The van der Waals surface area contributed by atoms with E-state index in [9.17, 15) is 0 Å². The maximum Gasteiger partial charge on any atom is 0.0540 e. The van der Waals surface area contributed by atoms with Crippen LogP contribution in [0.3, 0.4) is 0 Å². The fourth-order valence-electron chi connectivity index (χ4n) is 4.15. The van der Waals surface area contributed by atoms with E-state index in [1.54, 1.807) is 0 Å². The molecule has 0 saturated carbocycles. The first-order chi connectivity index (χ1) is 12.9. The molecule has 0 unspecified atom stereocenters. The molecule has 3 rings (SSSR count). The van der Waals surface area contributed by atoms with Crippen LogP contribution in [0.1, 0.15) is 36.1 Å². The van der Waals surface area contributed by atoms with Gasteiger partial charge in [-0.1, -0.05) is 82.7 Å². The van der Waals surface area contributed by atoms with Crippen molar-refractivity contribution < 1.29 is 0 Å². The number of rotatable bonds is 5. The van der Waals surface area contributed by atoms with Crippen LogP contribution in [0.4, 0.5) is 11.4 Å². The van der Waals surface area contributed by atoms with Crippen molar-refractivity contribution in [2.45, 2.75) is 26.2 Å². The molecule has 0 fully saturated rings. The zero-order chi connectivity index (χ0) is 19.8. The molecule has 0 N–H and O–H groups in total. The highest BCUT2D eigenvalue weighted by atomic mass is 15.2. The lowest BCUT2D eigenvalue weighted by Gasteiger charge is -2.42. The molecule has 0 saturated heterocycles. The molecule has 0 aliphatic carbocycles. The summed E-state index contributed by atoms with van der Waals surface area (Å²) in [7, 11) is 0. The van der Waals surface area contributed by atoms with E-state index in [2.05, 4.69) is 88.4 Å². The van der Waals surface area contributed by atoms with E-state index in [1.807, 2.05) is 24.3 Å². The highest BCUT2D eigenvalue weighted by Gasteiger charge is 2.37. The number of hydrogen-bond acceptors (Lipinski definition) is 1. The van der Waals surface area contributed by atoms with Crippen LogP contribution in [-0.4, -0.2) is 0 Å². The standard InChI is InChI=1S/C26H27N/c1-8-19-18(5)16-17-24(20(19)9-2)27-23(11-4)21(10-3)26(6,7)22-14-12-13-15-25(22)27/h8-17H,1-4H2,5-7H3. The molecule has 1 heteroatoms. The Morgan fingerprint density at radius 3 is 2.04 bits per heavy atom. The van der Waals surface area contributed by atoms with Crippen LogP contribution in [0.15, 0.2) is 86.1 Å². The first kappa shape index (κ1) is 18.7. The van der Waals surface area contributed by atoms with Gasteiger partial charge in [0.1, 0.15) is 0 Å². The van der Waals surface area contributed by atoms with Gasteiger partial charge in [-0.15, -0.1) is 0 Å². The molecular weight excluding hydrogens is 326 g/mol. The van der Waals surface area contributed by atoms with Crippen molar-refractivity contribution in [2.75, 3.05) is 4.90 Å². The Labute approximate surface area is 163 Å². The molecule has 1 aliphatic rings. The average Bonchev–Trinajstić information content (AvgIpc) is 2.67. The van der Waals surface area contributed by atoms with Crippen molar-refractivity contribution in [3.05, 3.63) is 108 Å². The van der Waals surface area contributed by atoms with Crippen LogP contribution in [0.25, 0.3) is 12.2 Å². The van der Waals surface area contributed by atoms with Crippen molar-refractivity contribution >= 4 is 23.5 Å². The summed E-state index contributed by atoms with van der Waals surface area (Å²) in [6.07, 6.45) is 7.70. The highest BCUT2D eigenvalue weighted by Crippen LogP contribution is 2.49. The lowest BCUT2D eigenvalue weighted by atomic mass is 9.73. The predicted octanol–water partition coefficient (Wildman–Crippen LogP) is 7.34. The Bertz CT molecular complexity index is 985. The van der Waals surface area contributed by atoms with E-state index in [0.717, 1.165) is 33.8 Å². The second kappa shape index (κ2) is 6.92. The Hall–Kier alpha value is -3.06. The van der Waals surface area contributed by atoms with E-state index >= 15 is 0 Å². The molecule has 27 heavy (non-hydrogen) atoms. The minimum absolute atomic E-state index is 0.154. The molecule has 0 amide bonds. The molecule has 0 bridgehead atoms. The maximum atomic E-state index is 4.12. The molecule has 136 valence electrons. The lowest BCUT2D eigenvalue weighted by molar-refractivity contribution is 0.621. The van der Waals surface area contributed by atoms with Gasteiger partial charge in [0.2, 0.25) is 0 Å². The third kappa shape index (κ3) is 2.71. The largest absolute Gasteiger partial charge is 0.309 e. The van der Waals surface area contributed by atoms with Crippen LogP contribution >= 0.6 is 0 Å². The topological polar surface area (TPSA) is 3.24 Å². The molecule has 0 spiro atoms. The van der Waals surface area contributed by atoms with Gasteiger partial charge < -0.3 is 4.90 Å². The van der Waals surface area contributed by atoms with Crippen molar-refractivity contribution in [3.63, 3.8) is 0 Å². The first-order valence-corrected chi connectivity index (χ1v) is 9.20. The van der Waals surface area contributed by atoms with Crippen LogP contribution in [-0.2, 0) is 5.41 Å². The van der Waals surface area contributed by atoms with Gasteiger partial charge in [0, 0.05) is 16.7 Å². The van der Waals surface area contributed by atoms with Crippen LogP contribution in [0.5, 0.6) is 0 Å². The Kier molecular flexibility index (Phi) is 4.80. The minimum atomic E-state index is -0.154. The summed E-state index contributed by atoms with van der Waals surface area (Å²) in [5.74, 6) is 0. The minimum Gasteiger partial charge on any atom is -0.309 e. The predicted molar refractivity (Wildman–Crippen MR) is 120 cm³/mol. The summed E-state index contributed by atoms with van der Waals surface area (Å²) in [6.45, 7) is 22.9. The van der Waals surface area contributed by atoms with Gasteiger partial charge in [-0.2, -0.15) is 0 Å². The monoisotopic (exact) mass is 353 g/mol. The number of para-hydroxylation sites is 1. The third-order valence-electron chi connectivity index (χ3n) is 5.54. The smallest absolute Gasteiger partial charge is 0.0540 e. The molecule has 2 aromatic carbocycles. The Morgan fingerprint density at radius 2 is 1.44 bits per heavy atom. The summed E-state index contributed by atoms with van der Waals surface area (Å²) in [4.78, 5) is 2.27. The number of nitrogens with zero attached hydrogens (tertiary/aromatic N) is 1. The zero-order valence-electron chi connectivity index (χ0n) is 16.5. The summed E-state index contributed by atoms with van der Waals surface area (Å²) in [6, 6.07) is 12.8. The molecule has 1 aliphatic heterocycles. The van der Waals surface area contributed by atoms with Crippen LogP contribution < -0.4 is 4.90 Å². The summed E-state index contributed by atoms with van der Waals surface area (Å²) < 4.78 is 0. The molecule has 0 aromatic heterocycles. The van der Waals surface area contributed by atoms with E-state index in [1.165, 1.54) is 11.1 Å². The fourth-order valence-corrected chi connectivity index (χ4v) is 4.15. The summed E-state index contributed by atoms with van der Waals surface area (Å²) in [5.41, 5.74) is 8.91. The van der Waals surface area contributed by atoms with E-state index in [-0.39, 0.29) is 5.41 Å². The fraction of sp³-hybridized carbons (Fsp3) is 0.154. The molecule has 1 nitrogen and oxygen atoms in total. The number of hydrogen-bond donors (Lipinski definition) is 0. The molecular formula is C26H27N. The first-order valence-electron chi connectivity index (χ1n) is 9.20. The van der Waals surface area contributed by atoms with Crippen molar-refractivity contribution in [2.24, 2.45) is 0 Å². The van der Waals surface area contributed by atoms with E-state index in [4.69, 9.17) is 0 Å². The molecule has 0 radical (unpaired) electrons. The summed E-state index contributed by atoms with van der Waals surface area (Å²) in [5, 5.41) is 0. The Balaban J connectivity index is 2.45. The van der Waals surface area contributed by atoms with Crippen molar-refractivity contribution in [3.8, 4) is 0 Å². The SMILES string of the molecule is C=CC1=C(C=C)C(C)(C)c2ccccc2N1c1ccc(C)c(C=C)c1C=C. The average molecular weight is 354 g/mol. The van der Waals surface area contributed by atoms with Crippen LogP contribution in [0.2, 0.25) is 0 Å². The van der Waals surface area contributed by atoms with Gasteiger partial charge >= 0.3 is 0 Å². The molecule has 1 heterocycles. The lowest BCUT2D eigenvalue weighted by Crippen LogP contribution is -2.33. The van der Waals surface area contributed by atoms with Gasteiger partial charge in [0.25, 0.3) is 0 Å². The number of anilines is 2. The van der Waals surface area contributed by atoms with E-state index < -0.39 is 0 Å². The number of allylic oxidation sites excluding steroid dienone is 3. The summed E-state index contributed by atoms with van der Waals surface area (Å²) >= 11 is 0. The number of fused-ring (bicyclic) bond motifs is 1. The van der Waals surface area contributed by atoms with Crippen molar-refractivity contribution in [1.82, 2.24) is 0 Å². The number of aryl methyl sites for hydroxylation is 1. The van der Waals surface area contributed by atoms with Crippen LogP contribution in [0, 0.1) is 6.92 Å².